The normalized spacial score (nSPS) is 10.4. The van der Waals surface area contributed by atoms with Gasteiger partial charge in [-0.2, -0.15) is 0 Å². The van der Waals surface area contributed by atoms with Crippen LogP contribution in [0.3, 0.4) is 0 Å². The minimum absolute atomic E-state index is 0.00940. The molecule has 0 aliphatic carbocycles. The smallest absolute Gasteiger partial charge is 0.311 e. The molecule has 1 aromatic rings. The van der Waals surface area contributed by atoms with Crippen LogP contribution < -0.4 is 4.74 Å². The molecule has 1 rings (SSSR count). The molecule has 1 aromatic carbocycles. The quantitative estimate of drug-likeness (QED) is 0.332. The molecule has 5 nitrogen and oxygen atoms in total. The largest absolute Gasteiger partial charge is 0.484 e. The van der Waals surface area contributed by atoms with E-state index in [0.717, 1.165) is 11.1 Å². The van der Waals surface area contributed by atoms with Gasteiger partial charge >= 0.3 is 5.69 Å². The minimum atomic E-state index is -0.436. The third-order valence-corrected chi connectivity index (χ3v) is 2.45. The highest BCUT2D eigenvalue weighted by Crippen LogP contribution is 2.31. The van der Waals surface area contributed by atoms with Crippen molar-refractivity contribution in [2.24, 2.45) is 0 Å². The van der Waals surface area contributed by atoms with Crippen LogP contribution in [0.2, 0.25) is 0 Å². The van der Waals surface area contributed by atoms with Crippen molar-refractivity contribution in [2.45, 2.75) is 13.8 Å². The average molecular weight is 274 g/mol. The molecule has 0 amide bonds. The van der Waals surface area contributed by atoms with E-state index >= 15 is 0 Å². The topological polar surface area (TPSA) is 61.6 Å². The lowest BCUT2D eigenvalue weighted by molar-refractivity contribution is -0.386. The highest BCUT2D eigenvalue weighted by molar-refractivity contribution is 6.17. The van der Waals surface area contributed by atoms with Gasteiger partial charge in [-0.25, -0.2) is 0 Å². The van der Waals surface area contributed by atoms with Gasteiger partial charge < -0.3 is 9.47 Å². The fraction of sp³-hybridized carbons (Fsp3) is 0.500. The lowest BCUT2D eigenvalue weighted by atomic mass is 10.1. The van der Waals surface area contributed by atoms with Crippen molar-refractivity contribution in [3.8, 4) is 5.75 Å². The second-order valence-electron chi connectivity index (χ2n) is 3.84. The average Bonchev–Trinajstić information content (AvgIpc) is 2.30. The van der Waals surface area contributed by atoms with Crippen LogP contribution in [0.25, 0.3) is 0 Å². The molecule has 6 heteroatoms. The molecule has 0 atom stereocenters. The number of nitrogens with zero attached hydrogens (tertiary/aromatic N) is 1. The molecule has 0 aliphatic rings. The Morgan fingerprint density at radius 1 is 1.28 bits per heavy atom. The standard InChI is InChI=1S/C12H16ClNO4/c1-9-7-10(2)12(11(8-9)14(15)16)18-6-5-17-4-3-13/h7-8H,3-6H2,1-2H3. The van der Waals surface area contributed by atoms with Gasteiger partial charge in [0.25, 0.3) is 0 Å². The van der Waals surface area contributed by atoms with Crippen LogP contribution in [-0.4, -0.2) is 30.6 Å². The van der Waals surface area contributed by atoms with Gasteiger partial charge in [0.2, 0.25) is 0 Å². The lowest BCUT2D eigenvalue weighted by Gasteiger charge is -2.10. The predicted molar refractivity (Wildman–Crippen MR) is 69.6 cm³/mol. The summed E-state index contributed by atoms with van der Waals surface area (Å²) in [7, 11) is 0. The van der Waals surface area contributed by atoms with Crippen molar-refractivity contribution in [3.05, 3.63) is 33.4 Å². The molecule has 0 bridgehead atoms. The van der Waals surface area contributed by atoms with E-state index in [4.69, 9.17) is 21.1 Å². The Morgan fingerprint density at radius 2 is 2.00 bits per heavy atom. The number of hydrogen-bond donors (Lipinski definition) is 0. The molecule has 0 aromatic heterocycles. The molecule has 0 spiro atoms. The second kappa shape index (κ2) is 7.18. The number of aryl methyl sites for hydroxylation is 2. The number of rotatable bonds is 7. The lowest BCUT2D eigenvalue weighted by Crippen LogP contribution is -2.10. The Balaban J connectivity index is 2.71. The summed E-state index contributed by atoms with van der Waals surface area (Å²) in [4.78, 5) is 10.5. The van der Waals surface area contributed by atoms with Gasteiger partial charge in [-0.15, -0.1) is 11.6 Å². The zero-order chi connectivity index (χ0) is 13.5. The summed E-state index contributed by atoms with van der Waals surface area (Å²) in [6.45, 7) is 4.67. The second-order valence-corrected chi connectivity index (χ2v) is 4.21. The molecular weight excluding hydrogens is 258 g/mol. The van der Waals surface area contributed by atoms with Gasteiger partial charge in [-0.1, -0.05) is 6.07 Å². The Kier molecular flexibility index (Phi) is 5.88. The van der Waals surface area contributed by atoms with Crippen molar-refractivity contribution < 1.29 is 14.4 Å². The highest BCUT2D eigenvalue weighted by atomic mass is 35.5. The van der Waals surface area contributed by atoms with Crippen LogP contribution >= 0.6 is 11.6 Å². The molecule has 0 saturated carbocycles. The number of hydrogen-bond acceptors (Lipinski definition) is 4. The monoisotopic (exact) mass is 273 g/mol. The molecular formula is C12H16ClNO4. The van der Waals surface area contributed by atoms with E-state index in [1.165, 1.54) is 6.07 Å². The van der Waals surface area contributed by atoms with E-state index in [2.05, 4.69) is 0 Å². The maximum Gasteiger partial charge on any atom is 0.311 e. The molecule has 0 N–H and O–H groups in total. The van der Waals surface area contributed by atoms with Crippen LogP contribution in [0.5, 0.6) is 5.75 Å². The molecule has 100 valence electrons. The van der Waals surface area contributed by atoms with Gasteiger partial charge in [-0.3, -0.25) is 10.1 Å². The first kappa shape index (κ1) is 14.7. The minimum Gasteiger partial charge on any atom is -0.484 e. The Morgan fingerprint density at radius 3 is 2.61 bits per heavy atom. The van der Waals surface area contributed by atoms with Crippen LogP contribution in [0.4, 0.5) is 5.69 Å². The maximum absolute atomic E-state index is 10.9. The molecule has 18 heavy (non-hydrogen) atoms. The number of nitro benzene ring substituents is 1. The summed E-state index contributed by atoms with van der Waals surface area (Å²) in [6.07, 6.45) is 0. The van der Waals surface area contributed by atoms with Crippen LogP contribution in [0.15, 0.2) is 12.1 Å². The summed E-state index contributed by atoms with van der Waals surface area (Å²) >= 11 is 5.45. The van der Waals surface area contributed by atoms with Crippen molar-refractivity contribution in [1.29, 1.82) is 0 Å². The van der Waals surface area contributed by atoms with Crippen molar-refractivity contribution in [2.75, 3.05) is 25.7 Å². The third kappa shape index (κ3) is 4.16. The van der Waals surface area contributed by atoms with E-state index < -0.39 is 4.92 Å². The SMILES string of the molecule is Cc1cc(C)c(OCCOCCCl)c([N+](=O)[O-])c1. The predicted octanol–water partition coefficient (Wildman–Crippen LogP) is 2.85. The first-order valence-electron chi connectivity index (χ1n) is 5.58. The van der Waals surface area contributed by atoms with Crippen molar-refractivity contribution >= 4 is 17.3 Å². The fourth-order valence-electron chi connectivity index (χ4n) is 1.61. The zero-order valence-corrected chi connectivity index (χ0v) is 11.2. The van der Waals surface area contributed by atoms with E-state index in [1.54, 1.807) is 6.92 Å². The summed E-state index contributed by atoms with van der Waals surface area (Å²) in [6, 6.07) is 3.35. The molecule has 0 radical (unpaired) electrons. The number of nitro groups is 1. The van der Waals surface area contributed by atoms with E-state index in [9.17, 15) is 10.1 Å². The number of alkyl halides is 1. The number of halogens is 1. The Hall–Kier alpha value is -1.33. The maximum atomic E-state index is 10.9. The number of ether oxygens (including phenoxy) is 2. The van der Waals surface area contributed by atoms with Crippen LogP contribution in [-0.2, 0) is 4.74 Å². The molecule has 0 aliphatic heterocycles. The Labute approximate surface area is 111 Å². The van der Waals surface area contributed by atoms with Gasteiger partial charge in [0.1, 0.15) is 6.61 Å². The van der Waals surface area contributed by atoms with Crippen LogP contribution in [0, 0.1) is 24.0 Å². The van der Waals surface area contributed by atoms with Gasteiger partial charge in [0, 0.05) is 11.9 Å². The van der Waals surface area contributed by atoms with Gasteiger partial charge in [-0.05, 0) is 25.0 Å². The van der Waals surface area contributed by atoms with E-state index in [-0.39, 0.29) is 12.3 Å². The number of benzene rings is 1. The van der Waals surface area contributed by atoms with Crippen molar-refractivity contribution in [3.63, 3.8) is 0 Å². The summed E-state index contributed by atoms with van der Waals surface area (Å²) in [5.41, 5.74) is 1.58. The van der Waals surface area contributed by atoms with Gasteiger partial charge in [0.05, 0.1) is 18.1 Å². The zero-order valence-electron chi connectivity index (χ0n) is 10.4. The third-order valence-electron chi connectivity index (χ3n) is 2.29. The molecule has 0 heterocycles. The van der Waals surface area contributed by atoms with Crippen LogP contribution in [0.1, 0.15) is 11.1 Å². The fourth-order valence-corrected chi connectivity index (χ4v) is 1.72. The van der Waals surface area contributed by atoms with Gasteiger partial charge in [0.15, 0.2) is 5.75 Å². The summed E-state index contributed by atoms with van der Waals surface area (Å²) in [5, 5.41) is 10.9. The molecule has 0 saturated heterocycles. The molecule has 0 fully saturated rings. The first-order valence-corrected chi connectivity index (χ1v) is 6.12. The molecule has 0 unspecified atom stereocenters. The highest BCUT2D eigenvalue weighted by Gasteiger charge is 2.18. The summed E-state index contributed by atoms with van der Waals surface area (Å²) in [5.74, 6) is 0.726. The first-order chi connectivity index (χ1) is 8.56. The Bertz CT molecular complexity index is 423. The van der Waals surface area contributed by atoms with E-state index in [1.807, 2.05) is 13.0 Å². The summed E-state index contributed by atoms with van der Waals surface area (Å²) < 4.78 is 10.6. The van der Waals surface area contributed by atoms with E-state index in [0.29, 0.717) is 24.8 Å². The van der Waals surface area contributed by atoms with Crippen molar-refractivity contribution in [1.82, 2.24) is 0 Å².